The Morgan fingerprint density at radius 2 is 1.19 bits per heavy atom. The van der Waals surface area contributed by atoms with Crippen LogP contribution in [0, 0.1) is 0 Å². The summed E-state index contributed by atoms with van der Waals surface area (Å²) >= 11 is 0. The fraction of sp³-hybridized carbons (Fsp3) is 0.146. The van der Waals surface area contributed by atoms with Gasteiger partial charge in [0.1, 0.15) is 12.5 Å². The zero-order valence-corrected chi connectivity index (χ0v) is 26.5. The topological polar surface area (TPSA) is 24.3 Å². The van der Waals surface area contributed by atoms with E-state index in [2.05, 4.69) is 54.8 Å². The number of hydrogen-bond donors (Lipinski definition) is 0. The summed E-state index contributed by atoms with van der Waals surface area (Å²) in [7, 11) is 0. The number of rotatable bonds is 5. The van der Waals surface area contributed by atoms with Gasteiger partial charge in [0.2, 0.25) is 0 Å². The van der Waals surface area contributed by atoms with Gasteiger partial charge in [-0.15, -0.1) is 0 Å². The molecule has 3 heterocycles. The molecule has 8 rings (SSSR count). The standard InChI is InChI=1S/C41H34F2N4/c1-40(2,3)28-22-23-44-39(26-28)47-35-17-8-7-16-33(35)34-21-20-30(25-38(34)47)41(42,43)29-12-11-15-32(24-29)46-27-45(31-13-5-4-6-14-31)36-18-9-10-19-37(36)46/h4-26H,27H2,1-3H3. The summed E-state index contributed by atoms with van der Waals surface area (Å²) in [6.45, 7) is 6.99. The van der Waals surface area contributed by atoms with Crippen LogP contribution in [0.5, 0.6) is 0 Å². The zero-order chi connectivity index (χ0) is 32.3. The molecule has 0 amide bonds. The molecule has 0 aliphatic carbocycles. The third-order valence-electron chi connectivity index (χ3n) is 9.21. The van der Waals surface area contributed by atoms with E-state index in [0.29, 0.717) is 23.7 Å². The molecule has 6 heteroatoms. The van der Waals surface area contributed by atoms with Gasteiger partial charge in [0.15, 0.2) is 0 Å². The van der Waals surface area contributed by atoms with Crippen molar-refractivity contribution in [2.75, 3.05) is 16.5 Å². The van der Waals surface area contributed by atoms with Crippen LogP contribution >= 0.6 is 0 Å². The smallest absolute Gasteiger partial charge is 0.298 e. The van der Waals surface area contributed by atoms with Crippen molar-refractivity contribution in [1.29, 1.82) is 0 Å². The summed E-state index contributed by atoms with van der Waals surface area (Å²) in [5.41, 5.74) is 6.33. The maximum atomic E-state index is 16.7. The number of alkyl halides is 2. The molecule has 4 nitrogen and oxygen atoms in total. The Kier molecular flexibility index (Phi) is 6.65. The summed E-state index contributed by atoms with van der Waals surface area (Å²) in [4.78, 5) is 9.01. The third kappa shape index (κ3) is 4.83. The average molecular weight is 621 g/mol. The Morgan fingerprint density at radius 3 is 1.96 bits per heavy atom. The highest BCUT2D eigenvalue weighted by Gasteiger charge is 2.36. The first kappa shape index (κ1) is 28.9. The van der Waals surface area contributed by atoms with Crippen molar-refractivity contribution < 1.29 is 8.78 Å². The number of nitrogens with zero attached hydrogens (tertiary/aromatic N) is 4. The van der Waals surface area contributed by atoms with E-state index in [1.807, 2.05) is 83.4 Å². The molecule has 0 unspecified atom stereocenters. The second-order valence-corrected chi connectivity index (χ2v) is 13.2. The minimum atomic E-state index is -3.25. The SMILES string of the molecule is CC(C)(C)c1ccnc(-n2c3ccccc3c3ccc(C(F)(F)c4cccc(N5CN(c6ccccc6)c6ccccc65)c4)cc32)c1. The van der Waals surface area contributed by atoms with E-state index in [1.54, 1.807) is 30.5 Å². The molecule has 232 valence electrons. The van der Waals surface area contributed by atoms with E-state index < -0.39 is 5.92 Å². The molecule has 0 saturated heterocycles. The van der Waals surface area contributed by atoms with E-state index in [-0.39, 0.29) is 16.5 Å². The van der Waals surface area contributed by atoms with Gasteiger partial charge < -0.3 is 9.80 Å². The predicted octanol–water partition coefficient (Wildman–Crippen LogP) is 10.9. The predicted molar refractivity (Wildman–Crippen MR) is 189 cm³/mol. The third-order valence-corrected chi connectivity index (χ3v) is 9.21. The first-order valence-electron chi connectivity index (χ1n) is 15.9. The van der Waals surface area contributed by atoms with Crippen LogP contribution in [-0.4, -0.2) is 16.2 Å². The molecule has 2 aromatic heterocycles. The van der Waals surface area contributed by atoms with Gasteiger partial charge in [-0.25, -0.2) is 4.98 Å². The fourth-order valence-corrected chi connectivity index (χ4v) is 6.72. The van der Waals surface area contributed by atoms with Crippen molar-refractivity contribution in [3.8, 4) is 5.82 Å². The summed E-state index contributed by atoms with van der Waals surface area (Å²) < 4.78 is 35.4. The van der Waals surface area contributed by atoms with Crippen LogP contribution < -0.4 is 9.80 Å². The van der Waals surface area contributed by atoms with Gasteiger partial charge in [0.25, 0.3) is 5.92 Å². The Bertz CT molecular complexity index is 2270. The van der Waals surface area contributed by atoms with Crippen molar-refractivity contribution in [2.45, 2.75) is 32.1 Å². The van der Waals surface area contributed by atoms with Crippen LogP contribution in [0.15, 0.2) is 140 Å². The van der Waals surface area contributed by atoms with E-state index in [1.165, 1.54) is 6.07 Å². The Morgan fingerprint density at radius 1 is 0.553 bits per heavy atom. The van der Waals surface area contributed by atoms with Crippen LogP contribution in [0.4, 0.5) is 31.5 Å². The first-order chi connectivity index (χ1) is 22.7. The van der Waals surface area contributed by atoms with Gasteiger partial charge in [0.05, 0.1) is 22.4 Å². The maximum Gasteiger partial charge on any atom is 0.298 e. The monoisotopic (exact) mass is 620 g/mol. The van der Waals surface area contributed by atoms with Crippen molar-refractivity contribution in [2.24, 2.45) is 0 Å². The molecule has 1 aliphatic rings. The van der Waals surface area contributed by atoms with Crippen LogP contribution in [-0.2, 0) is 11.3 Å². The minimum absolute atomic E-state index is 0.0551. The Balaban J connectivity index is 1.22. The van der Waals surface area contributed by atoms with Crippen LogP contribution in [0.25, 0.3) is 27.6 Å². The lowest BCUT2D eigenvalue weighted by atomic mass is 9.88. The first-order valence-corrected chi connectivity index (χ1v) is 15.9. The van der Waals surface area contributed by atoms with Crippen LogP contribution in [0.1, 0.15) is 37.5 Å². The van der Waals surface area contributed by atoms with E-state index in [4.69, 9.17) is 4.98 Å². The van der Waals surface area contributed by atoms with Crippen LogP contribution in [0.3, 0.4) is 0 Å². The fourth-order valence-electron chi connectivity index (χ4n) is 6.72. The molecular formula is C41H34F2N4. The summed E-state index contributed by atoms with van der Waals surface area (Å²) in [6, 6.07) is 42.1. The van der Waals surface area contributed by atoms with Crippen molar-refractivity contribution in [1.82, 2.24) is 9.55 Å². The number of anilines is 4. The number of para-hydroxylation sites is 4. The molecule has 1 aliphatic heterocycles. The van der Waals surface area contributed by atoms with Gasteiger partial charge in [0, 0.05) is 39.5 Å². The van der Waals surface area contributed by atoms with E-state index in [9.17, 15) is 0 Å². The number of halogens is 2. The maximum absolute atomic E-state index is 16.7. The lowest BCUT2D eigenvalue weighted by molar-refractivity contribution is 0.0430. The largest absolute Gasteiger partial charge is 0.321 e. The van der Waals surface area contributed by atoms with Gasteiger partial charge in [-0.1, -0.05) is 93.6 Å². The normalized spacial score (nSPS) is 13.5. The quantitative estimate of drug-likeness (QED) is 0.191. The van der Waals surface area contributed by atoms with Crippen molar-refractivity contribution in [3.05, 3.63) is 156 Å². The number of pyridine rings is 1. The summed E-state index contributed by atoms with van der Waals surface area (Å²) in [5, 5.41) is 1.91. The molecule has 5 aromatic carbocycles. The van der Waals surface area contributed by atoms with Crippen molar-refractivity contribution >= 4 is 44.6 Å². The van der Waals surface area contributed by atoms with E-state index >= 15 is 8.78 Å². The van der Waals surface area contributed by atoms with Gasteiger partial charge in [-0.05, 0) is 71.6 Å². The highest BCUT2D eigenvalue weighted by atomic mass is 19.3. The Labute approximate surface area is 273 Å². The van der Waals surface area contributed by atoms with Gasteiger partial charge >= 0.3 is 0 Å². The zero-order valence-electron chi connectivity index (χ0n) is 26.5. The molecule has 0 N–H and O–H groups in total. The van der Waals surface area contributed by atoms with Crippen LogP contribution in [0.2, 0.25) is 0 Å². The molecule has 47 heavy (non-hydrogen) atoms. The lowest BCUT2D eigenvalue weighted by Gasteiger charge is -2.24. The average Bonchev–Trinajstić information content (AvgIpc) is 3.65. The van der Waals surface area contributed by atoms with Crippen molar-refractivity contribution in [3.63, 3.8) is 0 Å². The number of fused-ring (bicyclic) bond motifs is 4. The number of aromatic nitrogens is 2. The van der Waals surface area contributed by atoms with Gasteiger partial charge in [-0.3, -0.25) is 4.57 Å². The second-order valence-electron chi connectivity index (χ2n) is 13.2. The molecule has 0 spiro atoms. The highest BCUT2D eigenvalue weighted by Crippen LogP contribution is 2.46. The molecule has 0 saturated carbocycles. The summed E-state index contributed by atoms with van der Waals surface area (Å²) in [6.07, 6.45) is 1.80. The lowest BCUT2D eigenvalue weighted by Crippen LogP contribution is -2.24. The molecule has 0 bridgehead atoms. The number of benzene rings is 5. The minimum Gasteiger partial charge on any atom is -0.321 e. The van der Waals surface area contributed by atoms with Gasteiger partial charge in [-0.2, -0.15) is 8.78 Å². The Hall–Kier alpha value is -5.49. The molecule has 0 radical (unpaired) electrons. The number of hydrogen-bond acceptors (Lipinski definition) is 3. The molecule has 7 aromatic rings. The molecular weight excluding hydrogens is 586 g/mol. The molecule has 0 fully saturated rings. The van der Waals surface area contributed by atoms with E-state index in [0.717, 1.165) is 38.9 Å². The summed E-state index contributed by atoms with van der Waals surface area (Å²) in [5.74, 6) is -2.54. The molecule has 0 atom stereocenters. The second kappa shape index (κ2) is 10.8. The highest BCUT2D eigenvalue weighted by molar-refractivity contribution is 6.09.